The fraction of sp³-hybridized carbons (Fsp3) is 0.167. The molecule has 2 aromatic rings. The van der Waals surface area contributed by atoms with E-state index in [0.717, 1.165) is 5.69 Å². The number of imidazole rings is 1. The van der Waals surface area contributed by atoms with Gasteiger partial charge in [0.25, 0.3) is 0 Å². The Morgan fingerprint density at radius 1 is 1.38 bits per heavy atom. The van der Waals surface area contributed by atoms with Crippen molar-refractivity contribution in [1.29, 1.82) is 0 Å². The Morgan fingerprint density at radius 2 is 2.12 bits per heavy atom. The van der Waals surface area contributed by atoms with Crippen LogP contribution in [0.5, 0.6) is 0 Å². The van der Waals surface area contributed by atoms with E-state index in [2.05, 4.69) is 4.98 Å². The smallest absolute Gasteiger partial charge is 0.358 e. The number of benzene rings is 1. The maximum Gasteiger partial charge on any atom is 0.358 e. The van der Waals surface area contributed by atoms with Crippen LogP contribution in [0.4, 0.5) is 0 Å². The molecule has 16 heavy (non-hydrogen) atoms. The molecule has 0 aliphatic rings. The second-order valence-corrected chi connectivity index (χ2v) is 3.22. The van der Waals surface area contributed by atoms with Crippen LogP contribution in [0.2, 0.25) is 0 Å². The van der Waals surface area contributed by atoms with Gasteiger partial charge >= 0.3 is 5.97 Å². The number of esters is 1. The summed E-state index contributed by atoms with van der Waals surface area (Å²) in [5.74, 6) is -0.391. The first-order valence-corrected chi connectivity index (χ1v) is 5.08. The zero-order valence-electron chi connectivity index (χ0n) is 8.96. The van der Waals surface area contributed by atoms with Crippen LogP contribution in [0, 0.1) is 0 Å². The van der Waals surface area contributed by atoms with E-state index in [0.29, 0.717) is 12.3 Å². The molecule has 1 heterocycles. The van der Waals surface area contributed by atoms with Crippen molar-refractivity contribution < 1.29 is 9.53 Å². The van der Waals surface area contributed by atoms with Crippen LogP contribution in [0.15, 0.2) is 42.9 Å². The Hall–Kier alpha value is -2.10. The van der Waals surface area contributed by atoms with E-state index >= 15 is 0 Å². The van der Waals surface area contributed by atoms with Crippen LogP contribution >= 0.6 is 0 Å². The van der Waals surface area contributed by atoms with Gasteiger partial charge in [0.1, 0.15) is 6.33 Å². The molecule has 0 spiro atoms. The molecule has 0 bridgehead atoms. The molecule has 0 aliphatic heterocycles. The third kappa shape index (κ3) is 2.11. The molecule has 0 N–H and O–H groups in total. The van der Waals surface area contributed by atoms with Crippen molar-refractivity contribution >= 4 is 5.97 Å². The number of nitrogens with zero attached hydrogens (tertiary/aromatic N) is 2. The molecule has 0 atom stereocenters. The number of hydrogen-bond acceptors (Lipinski definition) is 3. The molecule has 4 heteroatoms. The number of ether oxygens (including phenoxy) is 1. The Balaban J connectivity index is 2.23. The fourth-order valence-corrected chi connectivity index (χ4v) is 1.37. The van der Waals surface area contributed by atoms with Crippen LogP contribution in [0.3, 0.4) is 0 Å². The first-order chi connectivity index (χ1) is 7.81. The largest absolute Gasteiger partial charge is 0.461 e. The van der Waals surface area contributed by atoms with Gasteiger partial charge in [-0.25, -0.2) is 9.78 Å². The quantitative estimate of drug-likeness (QED) is 0.737. The third-order valence-electron chi connectivity index (χ3n) is 2.12. The lowest BCUT2D eigenvalue weighted by Crippen LogP contribution is -2.04. The molecule has 0 saturated heterocycles. The number of carbonyl (C=O) groups excluding carboxylic acids is 1. The number of aromatic nitrogens is 2. The summed E-state index contributed by atoms with van der Waals surface area (Å²) in [5, 5.41) is 0. The third-order valence-corrected chi connectivity index (χ3v) is 2.12. The monoisotopic (exact) mass is 216 g/mol. The summed E-state index contributed by atoms with van der Waals surface area (Å²) < 4.78 is 6.65. The van der Waals surface area contributed by atoms with E-state index in [1.54, 1.807) is 24.0 Å². The van der Waals surface area contributed by atoms with Gasteiger partial charge in [-0.05, 0) is 19.1 Å². The topological polar surface area (TPSA) is 44.1 Å². The van der Waals surface area contributed by atoms with E-state index in [1.165, 1.54) is 0 Å². The van der Waals surface area contributed by atoms with Crippen LogP contribution in [0.1, 0.15) is 17.4 Å². The normalized spacial score (nSPS) is 10.1. The minimum absolute atomic E-state index is 0.325. The van der Waals surface area contributed by atoms with Crippen molar-refractivity contribution in [3.8, 4) is 5.69 Å². The lowest BCUT2D eigenvalue weighted by atomic mass is 10.3. The zero-order valence-corrected chi connectivity index (χ0v) is 8.96. The number of para-hydroxylation sites is 1. The first-order valence-electron chi connectivity index (χ1n) is 5.08. The Labute approximate surface area is 93.5 Å². The van der Waals surface area contributed by atoms with Crippen molar-refractivity contribution in [3.05, 3.63) is 48.5 Å². The van der Waals surface area contributed by atoms with Gasteiger partial charge < -0.3 is 9.30 Å². The van der Waals surface area contributed by atoms with Crippen molar-refractivity contribution in [2.45, 2.75) is 6.92 Å². The molecule has 0 amide bonds. The van der Waals surface area contributed by atoms with E-state index in [1.807, 2.05) is 30.3 Å². The second kappa shape index (κ2) is 4.61. The van der Waals surface area contributed by atoms with E-state index in [4.69, 9.17) is 4.74 Å². The maximum atomic E-state index is 11.4. The molecule has 0 saturated carbocycles. The maximum absolute atomic E-state index is 11.4. The van der Waals surface area contributed by atoms with Crippen LogP contribution in [-0.2, 0) is 4.74 Å². The molecule has 0 fully saturated rings. The average molecular weight is 216 g/mol. The van der Waals surface area contributed by atoms with Gasteiger partial charge in [-0.3, -0.25) is 0 Å². The summed E-state index contributed by atoms with van der Waals surface area (Å²) in [6.45, 7) is 2.13. The van der Waals surface area contributed by atoms with Gasteiger partial charge in [0.05, 0.1) is 6.61 Å². The van der Waals surface area contributed by atoms with Gasteiger partial charge in [-0.15, -0.1) is 0 Å². The van der Waals surface area contributed by atoms with Crippen molar-refractivity contribution in [2.75, 3.05) is 6.61 Å². The molecule has 0 unspecified atom stereocenters. The molecule has 1 aromatic carbocycles. The van der Waals surface area contributed by atoms with E-state index < -0.39 is 5.97 Å². The van der Waals surface area contributed by atoms with Crippen LogP contribution < -0.4 is 0 Å². The Kier molecular flexibility index (Phi) is 3.00. The Morgan fingerprint density at radius 3 is 2.81 bits per heavy atom. The predicted molar refractivity (Wildman–Crippen MR) is 59.5 cm³/mol. The minimum atomic E-state index is -0.391. The standard InChI is InChI=1S/C12H12N2O2/c1-2-16-12(15)11-8-14(9-13-11)10-6-4-3-5-7-10/h3-9H,2H2,1H3. The highest BCUT2D eigenvalue weighted by atomic mass is 16.5. The zero-order chi connectivity index (χ0) is 11.4. The molecule has 2 rings (SSSR count). The molecule has 1 aromatic heterocycles. The van der Waals surface area contributed by atoms with Crippen molar-refractivity contribution in [2.24, 2.45) is 0 Å². The summed E-state index contributed by atoms with van der Waals surface area (Å²) in [7, 11) is 0. The molecule has 82 valence electrons. The minimum Gasteiger partial charge on any atom is -0.461 e. The summed E-state index contributed by atoms with van der Waals surface area (Å²) >= 11 is 0. The number of carbonyl (C=O) groups is 1. The highest BCUT2D eigenvalue weighted by molar-refractivity contribution is 5.87. The molecule has 0 radical (unpaired) electrons. The predicted octanol–water partition coefficient (Wildman–Crippen LogP) is 2.05. The summed E-state index contributed by atoms with van der Waals surface area (Å²) in [6.07, 6.45) is 3.26. The number of hydrogen-bond donors (Lipinski definition) is 0. The second-order valence-electron chi connectivity index (χ2n) is 3.22. The SMILES string of the molecule is CCOC(=O)c1cn(-c2ccccc2)cn1. The Bertz CT molecular complexity index is 477. The average Bonchev–Trinajstić information content (AvgIpc) is 2.80. The van der Waals surface area contributed by atoms with E-state index in [9.17, 15) is 4.79 Å². The highest BCUT2D eigenvalue weighted by Gasteiger charge is 2.10. The lowest BCUT2D eigenvalue weighted by Gasteiger charge is -1.99. The van der Waals surface area contributed by atoms with Gasteiger partial charge in [0, 0.05) is 11.9 Å². The lowest BCUT2D eigenvalue weighted by molar-refractivity contribution is 0.0520. The van der Waals surface area contributed by atoms with Gasteiger partial charge in [-0.1, -0.05) is 18.2 Å². The summed E-state index contributed by atoms with van der Waals surface area (Å²) in [6, 6.07) is 9.68. The van der Waals surface area contributed by atoms with Crippen molar-refractivity contribution in [1.82, 2.24) is 9.55 Å². The van der Waals surface area contributed by atoms with Crippen molar-refractivity contribution in [3.63, 3.8) is 0 Å². The summed E-state index contributed by atoms with van der Waals surface area (Å²) in [4.78, 5) is 15.4. The van der Waals surface area contributed by atoms with Gasteiger partial charge in [0.2, 0.25) is 0 Å². The fourth-order valence-electron chi connectivity index (χ4n) is 1.37. The number of rotatable bonds is 3. The summed E-state index contributed by atoms with van der Waals surface area (Å²) in [5.41, 5.74) is 1.29. The molecular formula is C12H12N2O2. The first kappa shape index (κ1) is 10.4. The van der Waals surface area contributed by atoms with Gasteiger partial charge in [-0.2, -0.15) is 0 Å². The van der Waals surface area contributed by atoms with E-state index in [-0.39, 0.29) is 0 Å². The van der Waals surface area contributed by atoms with Gasteiger partial charge in [0.15, 0.2) is 5.69 Å². The molecule has 0 aliphatic carbocycles. The molecular weight excluding hydrogens is 204 g/mol. The van der Waals surface area contributed by atoms with Crippen LogP contribution in [0.25, 0.3) is 5.69 Å². The highest BCUT2D eigenvalue weighted by Crippen LogP contribution is 2.08. The molecule has 4 nitrogen and oxygen atoms in total. The van der Waals surface area contributed by atoms with Crippen LogP contribution in [-0.4, -0.2) is 22.1 Å².